The number of nitrogens with one attached hydrogen (secondary N) is 1. The zero-order chi connectivity index (χ0) is 13.9. The molecule has 0 fully saturated rings. The van der Waals surface area contributed by atoms with Gasteiger partial charge in [-0.1, -0.05) is 12.1 Å². The first-order valence-electron chi connectivity index (χ1n) is 6.83. The Labute approximate surface area is 122 Å². The number of para-hydroxylation sites is 2. The number of nitrogens with zero attached hydrogens (tertiary/aromatic N) is 3. The van der Waals surface area contributed by atoms with E-state index < -0.39 is 0 Å². The van der Waals surface area contributed by atoms with E-state index in [0.29, 0.717) is 0 Å². The Hall–Kier alpha value is -1.72. The molecule has 20 heavy (non-hydrogen) atoms. The minimum Gasteiger partial charge on any atom is -0.328 e. The molecular weight excluding hydrogens is 268 g/mol. The van der Waals surface area contributed by atoms with Gasteiger partial charge in [0.05, 0.1) is 28.3 Å². The first-order valence-corrected chi connectivity index (χ1v) is 7.77. The number of aromatic nitrogens is 3. The fourth-order valence-corrected chi connectivity index (χ4v) is 3.17. The summed E-state index contributed by atoms with van der Waals surface area (Å²) >= 11 is 1.63. The van der Waals surface area contributed by atoms with E-state index in [1.807, 2.05) is 18.6 Å². The van der Waals surface area contributed by atoms with E-state index in [1.54, 1.807) is 11.3 Å². The van der Waals surface area contributed by atoms with Crippen LogP contribution in [0.25, 0.3) is 11.0 Å². The SMILES string of the molecule is CCn1c(CC(NC)c2cscn2)nc2ccccc21. The number of hydrogen-bond acceptors (Lipinski definition) is 4. The summed E-state index contributed by atoms with van der Waals surface area (Å²) < 4.78 is 2.28. The highest BCUT2D eigenvalue weighted by molar-refractivity contribution is 7.07. The van der Waals surface area contributed by atoms with Crippen molar-refractivity contribution in [2.75, 3.05) is 7.05 Å². The average molecular weight is 286 g/mol. The number of rotatable bonds is 5. The van der Waals surface area contributed by atoms with Crippen LogP contribution in [0.5, 0.6) is 0 Å². The van der Waals surface area contributed by atoms with Gasteiger partial charge in [0.15, 0.2) is 0 Å². The topological polar surface area (TPSA) is 42.7 Å². The molecule has 5 heteroatoms. The van der Waals surface area contributed by atoms with E-state index in [2.05, 4.69) is 45.4 Å². The van der Waals surface area contributed by atoms with Crippen molar-refractivity contribution in [1.82, 2.24) is 19.9 Å². The van der Waals surface area contributed by atoms with Crippen molar-refractivity contribution in [3.05, 3.63) is 46.7 Å². The number of aryl methyl sites for hydroxylation is 1. The molecule has 0 aliphatic carbocycles. The molecule has 1 aromatic carbocycles. The van der Waals surface area contributed by atoms with E-state index in [1.165, 1.54) is 5.52 Å². The van der Waals surface area contributed by atoms with Gasteiger partial charge < -0.3 is 9.88 Å². The van der Waals surface area contributed by atoms with E-state index in [0.717, 1.165) is 30.0 Å². The van der Waals surface area contributed by atoms with E-state index in [9.17, 15) is 0 Å². The largest absolute Gasteiger partial charge is 0.328 e. The Morgan fingerprint density at radius 3 is 2.90 bits per heavy atom. The predicted octanol–water partition coefficient (Wildman–Crippen LogP) is 3.02. The smallest absolute Gasteiger partial charge is 0.111 e. The van der Waals surface area contributed by atoms with Gasteiger partial charge >= 0.3 is 0 Å². The van der Waals surface area contributed by atoms with Crippen molar-refractivity contribution < 1.29 is 0 Å². The maximum atomic E-state index is 4.78. The van der Waals surface area contributed by atoms with Gasteiger partial charge in [-0.3, -0.25) is 0 Å². The summed E-state index contributed by atoms with van der Waals surface area (Å²) in [6.07, 6.45) is 0.850. The second-order valence-electron chi connectivity index (χ2n) is 4.72. The lowest BCUT2D eigenvalue weighted by Crippen LogP contribution is -2.21. The Morgan fingerprint density at radius 2 is 2.20 bits per heavy atom. The number of likely N-dealkylation sites (N-methyl/N-ethyl adjacent to an activating group) is 1. The predicted molar refractivity (Wildman–Crippen MR) is 83.0 cm³/mol. The Balaban J connectivity index is 1.97. The number of benzene rings is 1. The van der Waals surface area contributed by atoms with Gasteiger partial charge in [-0.05, 0) is 26.1 Å². The van der Waals surface area contributed by atoms with E-state index in [-0.39, 0.29) is 6.04 Å². The molecule has 2 heterocycles. The van der Waals surface area contributed by atoms with Gasteiger partial charge in [-0.25, -0.2) is 9.97 Å². The van der Waals surface area contributed by atoms with Crippen LogP contribution in [-0.2, 0) is 13.0 Å². The number of thiazole rings is 1. The van der Waals surface area contributed by atoms with Crippen molar-refractivity contribution in [1.29, 1.82) is 0 Å². The van der Waals surface area contributed by atoms with Crippen LogP contribution in [0.15, 0.2) is 35.2 Å². The second kappa shape index (κ2) is 5.73. The quantitative estimate of drug-likeness (QED) is 0.784. The molecule has 0 saturated heterocycles. The monoisotopic (exact) mass is 286 g/mol. The zero-order valence-electron chi connectivity index (χ0n) is 11.7. The standard InChI is InChI=1S/C15H18N4S/c1-3-19-14-7-5-4-6-11(14)18-15(19)8-12(16-2)13-9-20-10-17-13/h4-7,9-10,12,16H,3,8H2,1-2H3. The second-order valence-corrected chi connectivity index (χ2v) is 5.44. The molecule has 0 amide bonds. The van der Waals surface area contributed by atoms with Gasteiger partial charge in [0, 0.05) is 18.3 Å². The lowest BCUT2D eigenvalue weighted by atomic mass is 10.1. The third kappa shape index (κ3) is 2.34. The molecule has 0 radical (unpaired) electrons. The molecule has 1 N–H and O–H groups in total. The van der Waals surface area contributed by atoms with Crippen LogP contribution >= 0.6 is 11.3 Å². The molecule has 104 valence electrons. The Morgan fingerprint density at radius 1 is 1.35 bits per heavy atom. The highest BCUT2D eigenvalue weighted by Crippen LogP contribution is 2.21. The van der Waals surface area contributed by atoms with Gasteiger partial charge in [0.25, 0.3) is 0 Å². The highest BCUT2D eigenvalue weighted by atomic mass is 32.1. The molecular formula is C15H18N4S. The molecule has 0 aliphatic rings. The van der Waals surface area contributed by atoms with E-state index >= 15 is 0 Å². The van der Waals surface area contributed by atoms with Gasteiger partial charge in [0.1, 0.15) is 5.82 Å². The minimum atomic E-state index is 0.211. The van der Waals surface area contributed by atoms with Crippen LogP contribution in [0, 0.1) is 0 Å². The molecule has 0 bridgehead atoms. The maximum Gasteiger partial charge on any atom is 0.111 e. The van der Waals surface area contributed by atoms with E-state index in [4.69, 9.17) is 4.98 Å². The molecule has 2 aromatic heterocycles. The minimum absolute atomic E-state index is 0.211. The van der Waals surface area contributed by atoms with Crippen LogP contribution < -0.4 is 5.32 Å². The molecule has 3 aromatic rings. The van der Waals surface area contributed by atoms with Crippen molar-refractivity contribution >= 4 is 22.4 Å². The third-order valence-corrected chi connectivity index (χ3v) is 4.20. The average Bonchev–Trinajstić information content (AvgIpc) is 3.11. The van der Waals surface area contributed by atoms with Crippen molar-refractivity contribution in [2.24, 2.45) is 0 Å². The normalized spacial score (nSPS) is 12.9. The summed E-state index contributed by atoms with van der Waals surface area (Å²) in [6.45, 7) is 3.10. The number of imidazole rings is 1. The molecule has 4 nitrogen and oxygen atoms in total. The highest BCUT2D eigenvalue weighted by Gasteiger charge is 2.17. The summed E-state index contributed by atoms with van der Waals surface area (Å²) in [6, 6.07) is 8.52. The molecule has 0 aliphatic heterocycles. The van der Waals surface area contributed by atoms with Crippen LogP contribution in [0.2, 0.25) is 0 Å². The summed E-state index contributed by atoms with van der Waals surface area (Å²) in [4.78, 5) is 9.19. The number of fused-ring (bicyclic) bond motifs is 1. The maximum absolute atomic E-state index is 4.78. The van der Waals surface area contributed by atoms with Crippen LogP contribution in [0.1, 0.15) is 24.5 Å². The molecule has 0 saturated carbocycles. The summed E-state index contributed by atoms with van der Waals surface area (Å²) in [7, 11) is 1.98. The van der Waals surface area contributed by atoms with Gasteiger partial charge in [-0.15, -0.1) is 11.3 Å². The number of hydrogen-bond donors (Lipinski definition) is 1. The van der Waals surface area contributed by atoms with Crippen LogP contribution in [0.3, 0.4) is 0 Å². The Bertz CT molecular complexity index is 687. The van der Waals surface area contributed by atoms with Gasteiger partial charge in [-0.2, -0.15) is 0 Å². The van der Waals surface area contributed by atoms with Crippen LogP contribution in [0.4, 0.5) is 0 Å². The van der Waals surface area contributed by atoms with Gasteiger partial charge in [0.2, 0.25) is 0 Å². The summed E-state index contributed by atoms with van der Waals surface area (Å²) in [5.41, 5.74) is 5.24. The van der Waals surface area contributed by atoms with Crippen LogP contribution in [-0.4, -0.2) is 21.6 Å². The molecule has 0 spiro atoms. The first kappa shape index (κ1) is 13.3. The lowest BCUT2D eigenvalue weighted by Gasteiger charge is -2.14. The first-order chi connectivity index (χ1) is 9.83. The summed E-state index contributed by atoms with van der Waals surface area (Å²) in [5, 5.41) is 5.44. The Kier molecular flexibility index (Phi) is 3.80. The summed E-state index contributed by atoms with van der Waals surface area (Å²) in [5.74, 6) is 1.11. The molecule has 3 rings (SSSR count). The molecule has 1 atom stereocenters. The zero-order valence-corrected chi connectivity index (χ0v) is 12.5. The van der Waals surface area contributed by atoms with Crippen molar-refractivity contribution in [2.45, 2.75) is 25.9 Å². The van der Waals surface area contributed by atoms with Crippen molar-refractivity contribution in [3.63, 3.8) is 0 Å². The van der Waals surface area contributed by atoms with Crippen molar-refractivity contribution in [3.8, 4) is 0 Å². The molecule has 1 unspecified atom stereocenters. The fourth-order valence-electron chi connectivity index (χ4n) is 2.57. The lowest BCUT2D eigenvalue weighted by molar-refractivity contribution is 0.546. The third-order valence-electron chi connectivity index (χ3n) is 3.59. The fraction of sp³-hybridized carbons (Fsp3) is 0.333.